The second kappa shape index (κ2) is 7.76. The number of esters is 1. The van der Waals surface area contributed by atoms with Crippen LogP contribution in [0.2, 0.25) is 19.1 Å². The number of benzene rings is 2. The van der Waals surface area contributed by atoms with E-state index in [1.807, 2.05) is 30.3 Å². The van der Waals surface area contributed by atoms with Crippen LogP contribution in [0.1, 0.15) is 10.4 Å². The highest BCUT2D eigenvalue weighted by molar-refractivity contribution is 6.90. The molecule has 2 aromatic carbocycles. The van der Waals surface area contributed by atoms with Crippen LogP contribution in [0.25, 0.3) is 0 Å². The zero-order valence-corrected chi connectivity index (χ0v) is 14.2. The Hall–Kier alpha value is -2.13. The van der Waals surface area contributed by atoms with Crippen LogP contribution in [0, 0.1) is 0 Å². The standard InChI is InChI=1S/C19H22O2Si/c1-22(2,18-13-7-4-8-14-18)16-10-9-15-21-19(20)17-11-5-3-6-12-17/h3-14H,15-16H2,1-2H3/b10-9+. The third-order valence-electron chi connectivity index (χ3n) is 3.67. The van der Waals surface area contributed by atoms with Gasteiger partial charge in [-0.1, -0.05) is 79.0 Å². The normalized spacial score (nSPS) is 11.5. The lowest BCUT2D eigenvalue weighted by Gasteiger charge is -2.20. The van der Waals surface area contributed by atoms with E-state index in [1.165, 1.54) is 5.19 Å². The van der Waals surface area contributed by atoms with Gasteiger partial charge >= 0.3 is 5.97 Å². The van der Waals surface area contributed by atoms with Crippen molar-refractivity contribution in [3.63, 3.8) is 0 Å². The van der Waals surface area contributed by atoms with Crippen molar-refractivity contribution < 1.29 is 9.53 Å². The predicted molar refractivity (Wildman–Crippen MR) is 94.2 cm³/mol. The molecule has 0 radical (unpaired) electrons. The Balaban J connectivity index is 1.80. The summed E-state index contributed by atoms with van der Waals surface area (Å²) in [4.78, 5) is 11.8. The summed E-state index contributed by atoms with van der Waals surface area (Å²) in [5.41, 5.74) is 0.592. The summed E-state index contributed by atoms with van der Waals surface area (Å²) in [6.45, 7) is 5.03. The summed E-state index contributed by atoms with van der Waals surface area (Å²) in [7, 11) is -1.45. The molecule has 0 N–H and O–H groups in total. The largest absolute Gasteiger partial charge is 0.458 e. The number of rotatable bonds is 6. The first-order chi connectivity index (χ1) is 10.6. The van der Waals surface area contributed by atoms with Crippen LogP contribution >= 0.6 is 0 Å². The van der Waals surface area contributed by atoms with Gasteiger partial charge in [0.2, 0.25) is 0 Å². The molecule has 0 fully saturated rings. The van der Waals surface area contributed by atoms with Crippen LogP contribution in [-0.4, -0.2) is 20.7 Å². The Bertz CT molecular complexity index is 618. The summed E-state index contributed by atoms with van der Waals surface area (Å²) < 4.78 is 5.24. The van der Waals surface area contributed by atoms with E-state index < -0.39 is 8.07 Å². The average Bonchev–Trinajstić information content (AvgIpc) is 2.56. The maximum absolute atomic E-state index is 11.8. The van der Waals surface area contributed by atoms with Crippen molar-refractivity contribution in [3.05, 3.63) is 78.4 Å². The maximum Gasteiger partial charge on any atom is 0.338 e. The minimum Gasteiger partial charge on any atom is -0.458 e. The molecule has 0 saturated heterocycles. The van der Waals surface area contributed by atoms with Gasteiger partial charge in [0.1, 0.15) is 6.61 Å². The molecule has 2 aromatic rings. The summed E-state index contributed by atoms with van der Waals surface area (Å²) in [6.07, 6.45) is 4.08. The van der Waals surface area contributed by atoms with E-state index in [0.717, 1.165) is 6.04 Å². The fourth-order valence-corrected chi connectivity index (χ4v) is 4.32. The molecule has 0 saturated carbocycles. The van der Waals surface area contributed by atoms with Crippen LogP contribution < -0.4 is 5.19 Å². The SMILES string of the molecule is C[Si](C)(C/C=C/COC(=O)c1ccccc1)c1ccccc1. The van der Waals surface area contributed by atoms with Crippen molar-refractivity contribution in [1.82, 2.24) is 0 Å². The zero-order chi connectivity index (χ0) is 15.8. The fraction of sp³-hybridized carbons (Fsp3) is 0.211. The van der Waals surface area contributed by atoms with E-state index in [2.05, 4.69) is 43.4 Å². The molecule has 2 rings (SSSR count). The van der Waals surface area contributed by atoms with E-state index in [4.69, 9.17) is 4.74 Å². The monoisotopic (exact) mass is 310 g/mol. The van der Waals surface area contributed by atoms with E-state index >= 15 is 0 Å². The molecule has 0 spiro atoms. The van der Waals surface area contributed by atoms with Crippen molar-refractivity contribution in [2.45, 2.75) is 19.1 Å². The molecular weight excluding hydrogens is 288 g/mol. The van der Waals surface area contributed by atoms with Crippen LogP contribution in [-0.2, 0) is 4.74 Å². The zero-order valence-electron chi connectivity index (χ0n) is 13.2. The van der Waals surface area contributed by atoms with Crippen LogP contribution in [0.5, 0.6) is 0 Å². The highest BCUT2D eigenvalue weighted by atomic mass is 28.3. The highest BCUT2D eigenvalue weighted by Gasteiger charge is 2.20. The topological polar surface area (TPSA) is 26.3 Å². The molecule has 0 atom stereocenters. The molecule has 0 aliphatic heterocycles. The lowest BCUT2D eigenvalue weighted by molar-refractivity contribution is 0.0549. The van der Waals surface area contributed by atoms with Crippen LogP contribution in [0.15, 0.2) is 72.8 Å². The summed E-state index contributed by atoms with van der Waals surface area (Å²) in [5, 5.41) is 1.45. The molecule has 2 nitrogen and oxygen atoms in total. The van der Waals surface area contributed by atoms with Crippen LogP contribution in [0.4, 0.5) is 0 Å². The Labute approximate surface area is 133 Å². The predicted octanol–water partition coefficient (Wildman–Crippen LogP) is 4.02. The second-order valence-corrected chi connectivity index (χ2v) is 10.6. The molecule has 0 aliphatic carbocycles. The molecule has 114 valence electrons. The van der Waals surface area contributed by atoms with E-state index in [9.17, 15) is 4.79 Å². The number of hydrogen-bond acceptors (Lipinski definition) is 2. The van der Waals surface area contributed by atoms with Gasteiger partial charge in [0.15, 0.2) is 0 Å². The van der Waals surface area contributed by atoms with Gasteiger partial charge in [0.05, 0.1) is 13.6 Å². The van der Waals surface area contributed by atoms with E-state index in [0.29, 0.717) is 12.2 Å². The first kappa shape index (κ1) is 16.2. The lowest BCUT2D eigenvalue weighted by Crippen LogP contribution is -2.40. The van der Waals surface area contributed by atoms with E-state index in [-0.39, 0.29) is 5.97 Å². The molecule has 0 unspecified atom stereocenters. The first-order valence-corrected chi connectivity index (χ1v) is 10.7. The number of carbonyl (C=O) groups excluding carboxylic acids is 1. The van der Waals surface area contributed by atoms with Crippen molar-refractivity contribution >= 4 is 19.2 Å². The van der Waals surface area contributed by atoms with Gasteiger partial charge in [-0.05, 0) is 18.2 Å². The third kappa shape index (κ3) is 4.71. The van der Waals surface area contributed by atoms with Crippen molar-refractivity contribution in [3.8, 4) is 0 Å². The highest BCUT2D eigenvalue weighted by Crippen LogP contribution is 2.10. The molecule has 0 aliphatic rings. The van der Waals surface area contributed by atoms with Gasteiger partial charge in [0, 0.05) is 0 Å². The van der Waals surface area contributed by atoms with Crippen molar-refractivity contribution in [2.75, 3.05) is 6.61 Å². The number of allylic oxidation sites excluding steroid dienone is 1. The van der Waals surface area contributed by atoms with Gasteiger partial charge in [-0.2, -0.15) is 0 Å². The third-order valence-corrected chi connectivity index (χ3v) is 6.82. The average molecular weight is 310 g/mol. The van der Waals surface area contributed by atoms with Crippen molar-refractivity contribution in [1.29, 1.82) is 0 Å². The van der Waals surface area contributed by atoms with Crippen LogP contribution in [0.3, 0.4) is 0 Å². The minimum atomic E-state index is -1.45. The van der Waals surface area contributed by atoms with E-state index in [1.54, 1.807) is 12.1 Å². The van der Waals surface area contributed by atoms with Gasteiger partial charge < -0.3 is 4.74 Å². The number of ether oxygens (including phenoxy) is 1. The number of hydrogen-bond donors (Lipinski definition) is 0. The molecule has 0 amide bonds. The molecule has 0 bridgehead atoms. The summed E-state index contributed by atoms with van der Waals surface area (Å²) in [5.74, 6) is -0.273. The molecule has 3 heteroatoms. The summed E-state index contributed by atoms with van der Waals surface area (Å²) in [6, 6.07) is 20.8. The molecule has 0 heterocycles. The quantitative estimate of drug-likeness (QED) is 0.458. The van der Waals surface area contributed by atoms with Gasteiger partial charge in [-0.3, -0.25) is 0 Å². The molecule has 22 heavy (non-hydrogen) atoms. The minimum absolute atomic E-state index is 0.273. The van der Waals surface area contributed by atoms with Gasteiger partial charge in [0.25, 0.3) is 0 Å². The molecular formula is C19H22O2Si. The fourth-order valence-electron chi connectivity index (χ4n) is 2.23. The second-order valence-electron chi connectivity index (χ2n) is 5.89. The Morgan fingerprint density at radius 2 is 1.55 bits per heavy atom. The first-order valence-electron chi connectivity index (χ1n) is 7.52. The van der Waals surface area contributed by atoms with Gasteiger partial charge in [-0.15, -0.1) is 0 Å². The maximum atomic E-state index is 11.8. The summed E-state index contributed by atoms with van der Waals surface area (Å²) >= 11 is 0. The Kier molecular flexibility index (Phi) is 5.73. The molecule has 0 aromatic heterocycles. The Morgan fingerprint density at radius 3 is 2.18 bits per heavy atom. The smallest absolute Gasteiger partial charge is 0.338 e. The Morgan fingerprint density at radius 1 is 0.955 bits per heavy atom. The van der Waals surface area contributed by atoms with Crippen molar-refractivity contribution in [2.24, 2.45) is 0 Å². The van der Waals surface area contributed by atoms with Gasteiger partial charge in [-0.25, -0.2) is 4.79 Å². The lowest BCUT2D eigenvalue weighted by atomic mass is 10.2. The number of carbonyl (C=O) groups is 1.